The predicted octanol–water partition coefficient (Wildman–Crippen LogP) is 1.11. The van der Waals surface area contributed by atoms with Crippen molar-refractivity contribution in [2.45, 2.75) is 23.8 Å². The molecule has 1 aliphatic rings. The van der Waals surface area contributed by atoms with Crippen LogP contribution >= 0.6 is 0 Å². The molecule has 0 saturated carbocycles. The standard InChI is InChI=1S/C13H20N2O3S/c1-14(2)11-5-4-8-15(10-11)19(17,18)13-7-3-6-12(16)9-13/h3,6-7,9,11,16H,4-5,8,10H2,1-2H3. The average Bonchev–Trinajstić information content (AvgIpc) is 2.39. The molecular formula is C13H20N2O3S. The van der Waals surface area contributed by atoms with E-state index in [2.05, 4.69) is 4.90 Å². The van der Waals surface area contributed by atoms with E-state index >= 15 is 0 Å². The van der Waals surface area contributed by atoms with Crippen molar-refractivity contribution in [3.63, 3.8) is 0 Å². The maximum Gasteiger partial charge on any atom is 0.243 e. The molecule has 1 heterocycles. The first-order chi connectivity index (χ1) is 8.91. The molecule has 1 unspecified atom stereocenters. The summed E-state index contributed by atoms with van der Waals surface area (Å²) in [6.07, 6.45) is 1.87. The van der Waals surface area contributed by atoms with E-state index < -0.39 is 10.0 Å². The maximum atomic E-state index is 12.5. The summed E-state index contributed by atoms with van der Waals surface area (Å²) in [5.41, 5.74) is 0. The van der Waals surface area contributed by atoms with Gasteiger partial charge in [0.2, 0.25) is 10.0 Å². The van der Waals surface area contributed by atoms with Crippen molar-refractivity contribution in [3.8, 4) is 5.75 Å². The predicted molar refractivity (Wildman–Crippen MR) is 73.6 cm³/mol. The summed E-state index contributed by atoms with van der Waals surface area (Å²) >= 11 is 0. The lowest BCUT2D eigenvalue weighted by molar-refractivity contribution is 0.190. The fraction of sp³-hybridized carbons (Fsp3) is 0.538. The van der Waals surface area contributed by atoms with Crippen LogP contribution in [-0.4, -0.2) is 56.0 Å². The minimum absolute atomic E-state index is 0.0257. The minimum Gasteiger partial charge on any atom is -0.508 e. The Morgan fingerprint density at radius 2 is 2.11 bits per heavy atom. The Kier molecular flexibility index (Phi) is 4.13. The second kappa shape index (κ2) is 5.48. The van der Waals surface area contributed by atoms with Crippen molar-refractivity contribution in [1.29, 1.82) is 0 Å². The monoisotopic (exact) mass is 284 g/mol. The summed E-state index contributed by atoms with van der Waals surface area (Å²) in [6, 6.07) is 6.09. The SMILES string of the molecule is CN(C)C1CCCN(S(=O)(=O)c2cccc(O)c2)C1. The van der Waals surface area contributed by atoms with Gasteiger partial charge >= 0.3 is 0 Å². The number of benzene rings is 1. The molecule has 5 nitrogen and oxygen atoms in total. The molecule has 1 atom stereocenters. The fourth-order valence-electron chi connectivity index (χ4n) is 2.35. The van der Waals surface area contributed by atoms with Crippen LogP contribution in [0.3, 0.4) is 0 Å². The highest BCUT2D eigenvalue weighted by Crippen LogP contribution is 2.24. The molecule has 0 amide bonds. The van der Waals surface area contributed by atoms with Gasteiger partial charge in [-0.1, -0.05) is 6.07 Å². The van der Waals surface area contributed by atoms with Crippen LogP contribution in [0.15, 0.2) is 29.2 Å². The van der Waals surface area contributed by atoms with E-state index in [0.29, 0.717) is 13.1 Å². The number of likely N-dealkylation sites (N-methyl/N-ethyl adjacent to an activating group) is 1. The van der Waals surface area contributed by atoms with Gasteiger partial charge in [0, 0.05) is 19.1 Å². The molecule has 1 aromatic rings. The molecule has 1 aliphatic heterocycles. The van der Waals surface area contributed by atoms with E-state index in [1.165, 1.54) is 22.5 Å². The first-order valence-corrected chi connectivity index (χ1v) is 7.81. The van der Waals surface area contributed by atoms with Gasteiger partial charge in [0.1, 0.15) is 5.75 Å². The molecule has 0 radical (unpaired) electrons. The van der Waals surface area contributed by atoms with Gasteiger partial charge < -0.3 is 10.0 Å². The van der Waals surface area contributed by atoms with Gasteiger partial charge in [-0.2, -0.15) is 4.31 Å². The van der Waals surface area contributed by atoms with Crippen molar-refractivity contribution in [2.24, 2.45) is 0 Å². The van der Waals surface area contributed by atoms with Gasteiger partial charge in [0.25, 0.3) is 0 Å². The Labute approximate surface area is 114 Å². The first-order valence-electron chi connectivity index (χ1n) is 6.37. The van der Waals surface area contributed by atoms with Crippen molar-refractivity contribution >= 4 is 10.0 Å². The summed E-state index contributed by atoms with van der Waals surface area (Å²) in [4.78, 5) is 2.22. The van der Waals surface area contributed by atoms with E-state index in [1.807, 2.05) is 14.1 Å². The Morgan fingerprint density at radius 3 is 2.74 bits per heavy atom. The molecule has 0 aromatic heterocycles. The summed E-state index contributed by atoms with van der Waals surface area (Å²) in [5, 5.41) is 9.42. The number of nitrogens with zero attached hydrogens (tertiary/aromatic N) is 2. The number of phenolic OH excluding ortho intramolecular Hbond substituents is 1. The largest absolute Gasteiger partial charge is 0.508 e. The van der Waals surface area contributed by atoms with E-state index in [4.69, 9.17) is 0 Å². The average molecular weight is 284 g/mol. The molecule has 1 fully saturated rings. The van der Waals surface area contributed by atoms with Crippen LogP contribution in [-0.2, 0) is 10.0 Å². The van der Waals surface area contributed by atoms with Crippen LogP contribution in [0.5, 0.6) is 5.75 Å². The van der Waals surface area contributed by atoms with Crippen molar-refractivity contribution < 1.29 is 13.5 Å². The molecule has 106 valence electrons. The minimum atomic E-state index is -3.50. The molecule has 6 heteroatoms. The van der Waals surface area contributed by atoms with Crippen molar-refractivity contribution in [3.05, 3.63) is 24.3 Å². The second-order valence-corrected chi connectivity index (χ2v) is 7.06. The Bertz CT molecular complexity index is 543. The van der Waals surface area contributed by atoms with E-state index in [0.717, 1.165) is 12.8 Å². The zero-order valence-corrected chi connectivity index (χ0v) is 12.1. The number of sulfonamides is 1. The lowest BCUT2D eigenvalue weighted by atomic mass is 10.1. The Balaban J connectivity index is 2.24. The Hall–Kier alpha value is -1.11. The second-order valence-electron chi connectivity index (χ2n) is 5.12. The van der Waals surface area contributed by atoms with E-state index in [-0.39, 0.29) is 16.7 Å². The van der Waals surface area contributed by atoms with Crippen LogP contribution in [0.2, 0.25) is 0 Å². The molecule has 1 aromatic carbocycles. The number of piperidine rings is 1. The number of phenols is 1. The first kappa shape index (κ1) is 14.3. The number of hydrogen-bond donors (Lipinski definition) is 1. The number of aromatic hydroxyl groups is 1. The van der Waals surface area contributed by atoms with Crippen LogP contribution in [0, 0.1) is 0 Å². The number of rotatable bonds is 3. The van der Waals surface area contributed by atoms with Gasteiger partial charge in [-0.3, -0.25) is 0 Å². The van der Waals surface area contributed by atoms with Crippen LogP contribution in [0.4, 0.5) is 0 Å². The smallest absolute Gasteiger partial charge is 0.243 e. The lowest BCUT2D eigenvalue weighted by Crippen LogP contribution is -2.47. The number of hydrogen-bond acceptors (Lipinski definition) is 4. The molecule has 19 heavy (non-hydrogen) atoms. The molecule has 0 aliphatic carbocycles. The molecule has 1 N–H and O–H groups in total. The van der Waals surface area contributed by atoms with Gasteiger partial charge in [-0.15, -0.1) is 0 Å². The molecule has 0 bridgehead atoms. The maximum absolute atomic E-state index is 12.5. The highest BCUT2D eigenvalue weighted by molar-refractivity contribution is 7.89. The van der Waals surface area contributed by atoms with Crippen molar-refractivity contribution in [2.75, 3.05) is 27.2 Å². The van der Waals surface area contributed by atoms with Crippen LogP contribution in [0.25, 0.3) is 0 Å². The summed E-state index contributed by atoms with van der Waals surface area (Å²) < 4.78 is 26.5. The molecule has 2 rings (SSSR count). The fourth-order valence-corrected chi connectivity index (χ4v) is 3.91. The summed E-state index contributed by atoms with van der Waals surface area (Å²) in [5.74, 6) is -0.0257. The third kappa shape index (κ3) is 3.08. The molecular weight excluding hydrogens is 264 g/mol. The third-order valence-corrected chi connectivity index (χ3v) is 5.41. The van der Waals surface area contributed by atoms with Gasteiger partial charge in [-0.05, 0) is 45.1 Å². The third-order valence-electron chi connectivity index (χ3n) is 3.54. The molecule has 0 spiro atoms. The molecule has 1 saturated heterocycles. The van der Waals surface area contributed by atoms with E-state index in [1.54, 1.807) is 6.07 Å². The highest BCUT2D eigenvalue weighted by atomic mass is 32.2. The zero-order chi connectivity index (χ0) is 14.0. The Morgan fingerprint density at radius 1 is 1.37 bits per heavy atom. The topological polar surface area (TPSA) is 60.9 Å². The van der Waals surface area contributed by atoms with Crippen molar-refractivity contribution in [1.82, 2.24) is 9.21 Å². The highest BCUT2D eigenvalue weighted by Gasteiger charge is 2.31. The van der Waals surface area contributed by atoms with E-state index in [9.17, 15) is 13.5 Å². The lowest BCUT2D eigenvalue weighted by Gasteiger charge is -2.35. The zero-order valence-electron chi connectivity index (χ0n) is 11.3. The summed E-state index contributed by atoms with van der Waals surface area (Å²) in [7, 11) is 0.430. The van der Waals surface area contributed by atoms with Gasteiger partial charge in [0.05, 0.1) is 4.90 Å². The van der Waals surface area contributed by atoms with Gasteiger partial charge in [-0.25, -0.2) is 8.42 Å². The normalized spacial score (nSPS) is 21.7. The quantitative estimate of drug-likeness (QED) is 0.903. The summed E-state index contributed by atoms with van der Waals surface area (Å²) in [6.45, 7) is 1.05. The van der Waals surface area contributed by atoms with Gasteiger partial charge in [0.15, 0.2) is 0 Å². The van der Waals surface area contributed by atoms with Crippen LogP contribution in [0.1, 0.15) is 12.8 Å². The van der Waals surface area contributed by atoms with Crippen LogP contribution < -0.4 is 0 Å².